The molecule has 0 radical (unpaired) electrons. The number of nitrogen functional groups attached to an aromatic ring is 1. The van der Waals surface area contributed by atoms with Gasteiger partial charge in [0.05, 0.1) is 32.7 Å². The Bertz CT molecular complexity index is 877. The summed E-state index contributed by atoms with van der Waals surface area (Å²) in [6.45, 7) is -2.44. The molecule has 1 aromatic carbocycles. The number of carbonyl (C=O) groups is 5. The van der Waals surface area contributed by atoms with Gasteiger partial charge in [-0.05, 0) is 30.5 Å². The Morgan fingerprint density at radius 3 is 1.53 bits per heavy atom. The van der Waals surface area contributed by atoms with E-state index in [0.717, 1.165) is 5.56 Å². The third kappa shape index (κ3) is 13.2. The van der Waals surface area contributed by atoms with Crippen molar-refractivity contribution in [3.8, 4) is 0 Å². The Balaban J connectivity index is 3.08. The van der Waals surface area contributed by atoms with E-state index in [1.54, 1.807) is 24.3 Å². The van der Waals surface area contributed by atoms with E-state index in [0.29, 0.717) is 5.69 Å². The van der Waals surface area contributed by atoms with Gasteiger partial charge < -0.3 is 31.3 Å². The first kappa shape index (κ1) is 30.3. The highest BCUT2D eigenvalue weighted by Crippen LogP contribution is 2.14. The first-order valence-corrected chi connectivity index (χ1v) is 11.0. The zero-order chi connectivity index (χ0) is 27.3. The number of aliphatic carboxylic acids is 5. The summed E-state index contributed by atoms with van der Waals surface area (Å²) in [5.74, 6) is -6.08. The molecular weight excluding hydrogens is 480 g/mol. The number of rotatable bonds is 19. The molecule has 14 nitrogen and oxygen atoms in total. The molecule has 0 aliphatic heterocycles. The van der Waals surface area contributed by atoms with Crippen molar-refractivity contribution in [2.24, 2.45) is 0 Å². The van der Waals surface area contributed by atoms with Crippen LogP contribution in [0.1, 0.15) is 12.0 Å². The van der Waals surface area contributed by atoms with Crippen LogP contribution >= 0.6 is 0 Å². The van der Waals surface area contributed by atoms with Crippen molar-refractivity contribution in [2.45, 2.75) is 18.9 Å². The fourth-order valence-electron chi connectivity index (χ4n) is 3.74. The number of anilines is 1. The van der Waals surface area contributed by atoms with Gasteiger partial charge in [0.2, 0.25) is 0 Å². The molecule has 36 heavy (non-hydrogen) atoms. The van der Waals surface area contributed by atoms with Crippen LogP contribution in [0, 0.1) is 0 Å². The molecule has 0 bridgehead atoms. The summed E-state index contributed by atoms with van der Waals surface area (Å²) < 4.78 is 0. The molecule has 7 N–H and O–H groups in total. The second-order valence-electron chi connectivity index (χ2n) is 8.27. The normalized spacial score (nSPS) is 12.1. The minimum absolute atomic E-state index is 0.00486. The molecule has 0 aliphatic rings. The first-order chi connectivity index (χ1) is 16.8. The van der Waals surface area contributed by atoms with Gasteiger partial charge in [0.25, 0.3) is 0 Å². The Hall–Kier alpha value is -3.75. The Kier molecular flexibility index (Phi) is 12.9. The molecule has 14 heteroatoms. The lowest BCUT2D eigenvalue weighted by atomic mass is 10.0. The van der Waals surface area contributed by atoms with Gasteiger partial charge in [-0.25, -0.2) is 0 Å². The first-order valence-electron chi connectivity index (χ1n) is 11.0. The fraction of sp³-hybridized carbons (Fsp3) is 0.500. The van der Waals surface area contributed by atoms with E-state index in [-0.39, 0.29) is 32.5 Å². The Morgan fingerprint density at radius 1 is 0.667 bits per heavy atom. The largest absolute Gasteiger partial charge is 0.480 e. The lowest BCUT2D eigenvalue weighted by molar-refractivity contribution is -0.145. The van der Waals surface area contributed by atoms with Crippen LogP contribution in [0.25, 0.3) is 0 Å². The standard InChI is InChI=1S/C22H32N4O10/c23-16-4-2-15(3-5-16)8-17(26(13-21(33)34)14-22(35)36)9-24(10-18(27)28)6-1-7-25(11-19(29)30)12-20(31)32/h2-5,17H,1,6-14,23H2,(H,27,28)(H,29,30)(H,31,32)(H,33,34)(H,35,36). The second kappa shape index (κ2) is 15.3. The summed E-state index contributed by atoms with van der Waals surface area (Å²) in [7, 11) is 0. The van der Waals surface area contributed by atoms with Crippen LogP contribution in [0.3, 0.4) is 0 Å². The van der Waals surface area contributed by atoms with Gasteiger partial charge in [-0.15, -0.1) is 0 Å². The van der Waals surface area contributed by atoms with E-state index < -0.39 is 68.6 Å². The van der Waals surface area contributed by atoms with Crippen molar-refractivity contribution in [3.05, 3.63) is 29.8 Å². The molecule has 0 aromatic heterocycles. The van der Waals surface area contributed by atoms with Gasteiger partial charge in [0.1, 0.15) is 0 Å². The summed E-state index contributed by atoms with van der Waals surface area (Å²) >= 11 is 0. The Labute approximate surface area is 207 Å². The summed E-state index contributed by atoms with van der Waals surface area (Å²) in [6.07, 6.45) is 0.432. The van der Waals surface area contributed by atoms with E-state index in [9.17, 15) is 39.3 Å². The van der Waals surface area contributed by atoms with E-state index in [4.69, 9.17) is 15.9 Å². The molecule has 0 amide bonds. The number of nitrogens with zero attached hydrogens (tertiary/aromatic N) is 3. The zero-order valence-electron chi connectivity index (χ0n) is 19.7. The number of hydrogen-bond donors (Lipinski definition) is 6. The minimum atomic E-state index is -1.25. The van der Waals surface area contributed by atoms with Gasteiger partial charge in [-0.2, -0.15) is 0 Å². The van der Waals surface area contributed by atoms with Crippen molar-refractivity contribution in [3.63, 3.8) is 0 Å². The minimum Gasteiger partial charge on any atom is -0.480 e. The molecule has 0 heterocycles. The number of benzene rings is 1. The predicted octanol–water partition coefficient (Wildman–Crippen LogP) is -1.10. The van der Waals surface area contributed by atoms with Crippen LogP contribution in [0.4, 0.5) is 5.69 Å². The van der Waals surface area contributed by atoms with Gasteiger partial charge in [0, 0.05) is 31.4 Å². The predicted molar refractivity (Wildman–Crippen MR) is 126 cm³/mol. The molecule has 0 saturated heterocycles. The molecule has 1 aromatic rings. The number of hydrogen-bond acceptors (Lipinski definition) is 9. The third-order valence-electron chi connectivity index (χ3n) is 5.14. The lowest BCUT2D eigenvalue weighted by Gasteiger charge is -2.34. The quantitative estimate of drug-likeness (QED) is 0.121. The number of carboxylic acids is 5. The molecule has 1 unspecified atom stereocenters. The van der Waals surface area contributed by atoms with Gasteiger partial charge >= 0.3 is 29.8 Å². The SMILES string of the molecule is Nc1ccc(CC(CN(CCCN(CC(=O)O)CC(=O)O)CC(=O)O)N(CC(=O)O)CC(=O)O)cc1. The summed E-state index contributed by atoms with van der Waals surface area (Å²) in [5.41, 5.74) is 6.95. The highest BCUT2D eigenvalue weighted by molar-refractivity contribution is 5.73. The average Bonchev–Trinajstić information content (AvgIpc) is 2.72. The maximum absolute atomic E-state index is 11.5. The molecule has 200 valence electrons. The summed E-state index contributed by atoms with van der Waals surface area (Å²) in [6, 6.07) is 5.99. The topological polar surface area (TPSA) is 222 Å². The average molecular weight is 513 g/mol. The van der Waals surface area contributed by atoms with Crippen LogP contribution < -0.4 is 5.73 Å². The van der Waals surface area contributed by atoms with E-state index >= 15 is 0 Å². The van der Waals surface area contributed by atoms with Crippen LogP contribution in [-0.4, -0.2) is 128 Å². The highest BCUT2D eigenvalue weighted by Gasteiger charge is 2.27. The number of carboxylic acid groups (broad SMARTS) is 5. The summed E-state index contributed by atoms with van der Waals surface area (Å²) in [5, 5.41) is 45.9. The van der Waals surface area contributed by atoms with Crippen LogP contribution in [0.2, 0.25) is 0 Å². The van der Waals surface area contributed by atoms with Crippen molar-refractivity contribution < 1.29 is 49.5 Å². The van der Waals surface area contributed by atoms with Crippen molar-refractivity contribution in [1.82, 2.24) is 14.7 Å². The van der Waals surface area contributed by atoms with Crippen LogP contribution in [0.15, 0.2) is 24.3 Å². The molecular formula is C22H32N4O10. The Morgan fingerprint density at radius 2 is 1.08 bits per heavy atom. The lowest BCUT2D eigenvalue weighted by Crippen LogP contribution is -2.50. The second-order valence-corrected chi connectivity index (χ2v) is 8.27. The maximum Gasteiger partial charge on any atom is 0.317 e. The van der Waals surface area contributed by atoms with E-state index in [1.165, 1.54) is 14.7 Å². The van der Waals surface area contributed by atoms with Crippen LogP contribution in [-0.2, 0) is 30.4 Å². The molecule has 0 aliphatic carbocycles. The highest BCUT2D eigenvalue weighted by atomic mass is 16.4. The monoisotopic (exact) mass is 512 g/mol. The van der Waals surface area contributed by atoms with Crippen molar-refractivity contribution in [1.29, 1.82) is 0 Å². The van der Waals surface area contributed by atoms with Gasteiger partial charge in [-0.3, -0.25) is 38.7 Å². The molecule has 0 fully saturated rings. The molecule has 1 rings (SSSR count). The van der Waals surface area contributed by atoms with Crippen LogP contribution in [0.5, 0.6) is 0 Å². The maximum atomic E-state index is 11.5. The van der Waals surface area contributed by atoms with Gasteiger partial charge in [0.15, 0.2) is 0 Å². The van der Waals surface area contributed by atoms with E-state index in [1.807, 2.05) is 0 Å². The van der Waals surface area contributed by atoms with E-state index in [2.05, 4.69) is 0 Å². The smallest absolute Gasteiger partial charge is 0.317 e. The molecule has 0 spiro atoms. The van der Waals surface area contributed by atoms with Gasteiger partial charge in [-0.1, -0.05) is 12.1 Å². The molecule has 0 saturated carbocycles. The van der Waals surface area contributed by atoms with Crippen molar-refractivity contribution >= 4 is 35.5 Å². The summed E-state index contributed by atoms with van der Waals surface area (Å²) in [4.78, 5) is 60.2. The number of nitrogens with two attached hydrogens (primary N) is 1. The fourth-order valence-corrected chi connectivity index (χ4v) is 3.74. The zero-order valence-corrected chi connectivity index (χ0v) is 19.7. The third-order valence-corrected chi connectivity index (χ3v) is 5.14. The van der Waals surface area contributed by atoms with Crippen molar-refractivity contribution in [2.75, 3.05) is 58.1 Å². The molecule has 1 atom stereocenters.